The summed E-state index contributed by atoms with van der Waals surface area (Å²) >= 11 is 0. The first-order valence-corrected chi connectivity index (χ1v) is 9.27. The summed E-state index contributed by atoms with van der Waals surface area (Å²) in [6.07, 6.45) is 1.85. The molecule has 2 aromatic carbocycles. The zero-order chi connectivity index (χ0) is 18.6. The summed E-state index contributed by atoms with van der Waals surface area (Å²) in [5, 5.41) is 0. The number of aryl methyl sites for hydroxylation is 1. The molecule has 0 atom stereocenters. The van der Waals surface area contributed by atoms with Gasteiger partial charge in [0.15, 0.2) is 5.96 Å². The molecule has 0 aliphatic carbocycles. The molecule has 1 fully saturated rings. The molecule has 0 unspecified atom stereocenters. The molecule has 6 nitrogen and oxygen atoms in total. The van der Waals surface area contributed by atoms with Gasteiger partial charge in [0.2, 0.25) is 0 Å². The van der Waals surface area contributed by atoms with E-state index in [0.717, 1.165) is 43.0 Å². The monoisotopic (exact) mass is 360 g/mol. The fourth-order valence-corrected chi connectivity index (χ4v) is 3.32. The SMILES string of the molecule is Cc1ccccc1CN=C(N)N1CCN(c2cnc3ccccc3n2)CC1. The van der Waals surface area contributed by atoms with E-state index in [-0.39, 0.29) is 0 Å². The van der Waals surface area contributed by atoms with Crippen LogP contribution in [0.3, 0.4) is 0 Å². The second kappa shape index (κ2) is 7.61. The van der Waals surface area contributed by atoms with Crippen LogP contribution in [0.1, 0.15) is 11.1 Å². The second-order valence-corrected chi connectivity index (χ2v) is 6.79. The van der Waals surface area contributed by atoms with Gasteiger partial charge in [0.25, 0.3) is 0 Å². The topological polar surface area (TPSA) is 70.6 Å². The summed E-state index contributed by atoms with van der Waals surface area (Å²) in [5.74, 6) is 1.53. The fraction of sp³-hybridized carbons (Fsp3) is 0.286. The van der Waals surface area contributed by atoms with E-state index in [1.54, 1.807) is 0 Å². The summed E-state index contributed by atoms with van der Waals surface area (Å²) in [7, 11) is 0. The average Bonchev–Trinajstić information content (AvgIpc) is 2.73. The highest BCUT2D eigenvalue weighted by Crippen LogP contribution is 2.17. The summed E-state index contributed by atoms with van der Waals surface area (Å²) in [6, 6.07) is 16.2. The molecule has 2 N–H and O–H groups in total. The lowest BCUT2D eigenvalue weighted by Gasteiger charge is -2.35. The molecule has 0 radical (unpaired) electrons. The molecular weight excluding hydrogens is 336 g/mol. The molecule has 0 saturated carbocycles. The minimum absolute atomic E-state index is 0.613. The molecule has 1 aliphatic heterocycles. The normalized spacial score (nSPS) is 15.4. The zero-order valence-electron chi connectivity index (χ0n) is 15.5. The van der Waals surface area contributed by atoms with E-state index in [0.29, 0.717) is 12.5 Å². The van der Waals surface area contributed by atoms with Gasteiger partial charge in [0.05, 0.1) is 23.8 Å². The van der Waals surface area contributed by atoms with E-state index in [4.69, 9.17) is 10.7 Å². The highest BCUT2D eigenvalue weighted by molar-refractivity contribution is 5.78. The van der Waals surface area contributed by atoms with Crippen molar-refractivity contribution in [2.45, 2.75) is 13.5 Å². The number of nitrogens with two attached hydrogens (primary N) is 1. The third-order valence-electron chi connectivity index (χ3n) is 5.04. The summed E-state index contributed by atoms with van der Waals surface area (Å²) in [4.78, 5) is 18.2. The van der Waals surface area contributed by atoms with Crippen LogP contribution in [-0.2, 0) is 6.54 Å². The van der Waals surface area contributed by atoms with Gasteiger partial charge in [0, 0.05) is 26.2 Å². The van der Waals surface area contributed by atoms with Gasteiger partial charge >= 0.3 is 0 Å². The number of fused-ring (bicyclic) bond motifs is 1. The van der Waals surface area contributed by atoms with Crippen molar-refractivity contribution in [1.82, 2.24) is 14.9 Å². The van der Waals surface area contributed by atoms with Crippen LogP contribution in [0.4, 0.5) is 5.82 Å². The number of aromatic nitrogens is 2. The molecule has 0 amide bonds. The van der Waals surface area contributed by atoms with Crippen molar-refractivity contribution >= 4 is 22.8 Å². The lowest BCUT2D eigenvalue weighted by Crippen LogP contribution is -2.51. The number of piperazine rings is 1. The van der Waals surface area contributed by atoms with Crippen LogP contribution in [0.15, 0.2) is 59.7 Å². The predicted molar refractivity (Wildman–Crippen MR) is 110 cm³/mol. The lowest BCUT2D eigenvalue weighted by molar-refractivity contribution is 0.379. The van der Waals surface area contributed by atoms with Gasteiger partial charge in [-0.2, -0.15) is 0 Å². The molecule has 0 bridgehead atoms. The maximum atomic E-state index is 6.23. The van der Waals surface area contributed by atoms with Crippen molar-refractivity contribution in [1.29, 1.82) is 0 Å². The molecule has 27 heavy (non-hydrogen) atoms. The number of guanidine groups is 1. The van der Waals surface area contributed by atoms with E-state index in [2.05, 4.69) is 38.8 Å². The van der Waals surface area contributed by atoms with Gasteiger partial charge < -0.3 is 15.5 Å². The van der Waals surface area contributed by atoms with Gasteiger partial charge in [-0.3, -0.25) is 4.98 Å². The molecule has 3 aromatic rings. The Hall–Kier alpha value is -3.15. The Morgan fingerprint density at radius 1 is 1.00 bits per heavy atom. The Bertz CT molecular complexity index is 960. The van der Waals surface area contributed by atoms with Crippen molar-refractivity contribution < 1.29 is 0 Å². The van der Waals surface area contributed by atoms with Gasteiger partial charge in [-0.15, -0.1) is 0 Å². The van der Waals surface area contributed by atoms with E-state index < -0.39 is 0 Å². The number of anilines is 1. The molecule has 1 aromatic heterocycles. The van der Waals surface area contributed by atoms with Crippen LogP contribution in [0.25, 0.3) is 11.0 Å². The van der Waals surface area contributed by atoms with Crippen molar-refractivity contribution in [3.63, 3.8) is 0 Å². The maximum absolute atomic E-state index is 6.23. The van der Waals surface area contributed by atoms with Gasteiger partial charge in [-0.25, -0.2) is 9.98 Å². The number of aliphatic imine (C=N–C) groups is 1. The second-order valence-electron chi connectivity index (χ2n) is 6.79. The van der Waals surface area contributed by atoms with Crippen molar-refractivity contribution in [2.75, 3.05) is 31.1 Å². The minimum Gasteiger partial charge on any atom is -0.370 e. The number of para-hydroxylation sites is 2. The smallest absolute Gasteiger partial charge is 0.191 e. The highest BCUT2D eigenvalue weighted by atomic mass is 15.3. The summed E-state index contributed by atoms with van der Waals surface area (Å²) in [5.41, 5.74) is 10.5. The molecule has 138 valence electrons. The van der Waals surface area contributed by atoms with Crippen molar-refractivity contribution in [2.24, 2.45) is 10.7 Å². The Morgan fingerprint density at radius 2 is 1.70 bits per heavy atom. The molecule has 1 saturated heterocycles. The minimum atomic E-state index is 0.613. The van der Waals surface area contributed by atoms with Crippen LogP contribution in [0.2, 0.25) is 0 Å². The van der Waals surface area contributed by atoms with E-state index >= 15 is 0 Å². The maximum Gasteiger partial charge on any atom is 0.191 e. The Kier molecular flexibility index (Phi) is 4.87. The van der Waals surface area contributed by atoms with E-state index in [9.17, 15) is 0 Å². The van der Waals surface area contributed by atoms with Gasteiger partial charge in [-0.05, 0) is 30.2 Å². The van der Waals surface area contributed by atoms with Crippen molar-refractivity contribution in [3.8, 4) is 0 Å². The van der Waals surface area contributed by atoms with Crippen molar-refractivity contribution in [3.05, 3.63) is 65.9 Å². The van der Waals surface area contributed by atoms with Gasteiger partial charge in [-0.1, -0.05) is 36.4 Å². The summed E-state index contributed by atoms with van der Waals surface area (Å²) < 4.78 is 0. The lowest BCUT2D eigenvalue weighted by atomic mass is 10.1. The first-order valence-electron chi connectivity index (χ1n) is 9.27. The zero-order valence-corrected chi connectivity index (χ0v) is 15.5. The first kappa shape index (κ1) is 17.3. The molecule has 4 rings (SSSR count). The Balaban J connectivity index is 1.39. The quantitative estimate of drug-likeness (QED) is 0.574. The van der Waals surface area contributed by atoms with E-state index in [1.807, 2.05) is 42.6 Å². The Labute approximate surface area is 159 Å². The molecule has 1 aliphatic rings. The first-order chi connectivity index (χ1) is 13.2. The molecule has 2 heterocycles. The van der Waals surface area contributed by atoms with Gasteiger partial charge in [0.1, 0.15) is 5.82 Å². The van der Waals surface area contributed by atoms with Crippen LogP contribution in [0.5, 0.6) is 0 Å². The van der Waals surface area contributed by atoms with Crippen LogP contribution >= 0.6 is 0 Å². The number of hydrogen-bond acceptors (Lipinski definition) is 4. The van der Waals surface area contributed by atoms with Crippen LogP contribution in [-0.4, -0.2) is 47.0 Å². The third-order valence-corrected chi connectivity index (χ3v) is 5.04. The number of benzene rings is 2. The average molecular weight is 360 g/mol. The molecule has 6 heteroatoms. The third kappa shape index (κ3) is 3.84. The number of hydrogen-bond donors (Lipinski definition) is 1. The Morgan fingerprint density at radius 3 is 2.48 bits per heavy atom. The van der Waals surface area contributed by atoms with Crippen LogP contribution in [0, 0.1) is 6.92 Å². The molecular formula is C21H24N6. The number of nitrogens with zero attached hydrogens (tertiary/aromatic N) is 5. The van der Waals surface area contributed by atoms with E-state index in [1.165, 1.54) is 11.1 Å². The largest absolute Gasteiger partial charge is 0.370 e. The predicted octanol–water partition coefficient (Wildman–Crippen LogP) is 2.58. The summed E-state index contributed by atoms with van der Waals surface area (Å²) in [6.45, 7) is 6.09. The highest BCUT2D eigenvalue weighted by Gasteiger charge is 2.19. The fourth-order valence-electron chi connectivity index (χ4n) is 3.32. The molecule has 0 spiro atoms. The number of rotatable bonds is 3. The van der Waals surface area contributed by atoms with Crippen LogP contribution < -0.4 is 10.6 Å². The standard InChI is InChI=1S/C21H24N6/c1-16-6-2-3-7-17(16)14-24-21(22)27-12-10-26(11-13-27)20-15-23-18-8-4-5-9-19(18)25-20/h2-9,15H,10-14H2,1H3,(H2,22,24).